The zero-order valence-corrected chi connectivity index (χ0v) is 11.4. The lowest BCUT2D eigenvalue weighted by molar-refractivity contribution is 0.0776. The van der Waals surface area contributed by atoms with E-state index in [-0.39, 0.29) is 5.91 Å². The van der Waals surface area contributed by atoms with Crippen molar-refractivity contribution in [3.63, 3.8) is 0 Å². The van der Waals surface area contributed by atoms with E-state index in [9.17, 15) is 4.79 Å². The third-order valence-corrected chi connectivity index (χ3v) is 2.90. The van der Waals surface area contributed by atoms with Crippen molar-refractivity contribution >= 4 is 5.91 Å². The molecular formula is C14H21NO2. The molecule has 1 aromatic rings. The van der Waals surface area contributed by atoms with Crippen molar-refractivity contribution in [2.45, 2.75) is 34.6 Å². The molecular weight excluding hydrogens is 214 g/mol. The minimum Gasteiger partial charge on any atom is -0.466 e. The van der Waals surface area contributed by atoms with E-state index in [0.717, 1.165) is 16.9 Å². The Labute approximate surface area is 103 Å². The first kappa shape index (κ1) is 13.6. The molecule has 1 amide bonds. The van der Waals surface area contributed by atoms with Crippen LogP contribution in [0.15, 0.2) is 16.6 Å². The standard InChI is InChI=1S/C14H21NO2/c1-7-15(8-9(2)3)14(16)13-10(4)11(5)17-12(13)6/h2,7-8H2,1,3-6H3. The van der Waals surface area contributed by atoms with Crippen LogP contribution in [0.5, 0.6) is 0 Å². The van der Waals surface area contributed by atoms with Crippen LogP contribution in [-0.2, 0) is 0 Å². The first-order chi connectivity index (χ1) is 7.88. The van der Waals surface area contributed by atoms with Gasteiger partial charge in [-0.05, 0) is 34.6 Å². The average Bonchev–Trinajstić information content (AvgIpc) is 2.48. The van der Waals surface area contributed by atoms with Crippen LogP contribution in [0.2, 0.25) is 0 Å². The van der Waals surface area contributed by atoms with Crippen LogP contribution in [0.1, 0.15) is 41.3 Å². The van der Waals surface area contributed by atoms with Gasteiger partial charge in [0.15, 0.2) is 0 Å². The van der Waals surface area contributed by atoms with E-state index < -0.39 is 0 Å². The van der Waals surface area contributed by atoms with Crippen LogP contribution >= 0.6 is 0 Å². The topological polar surface area (TPSA) is 33.5 Å². The molecule has 0 saturated heterocycles. The van der Waals surface area contributed by atoms with Gasteiger partial charge in [-0.25, -0.2) is 0 Å². The van der Waals surface area contributed by atoms with E-state index in [2.05, 4.69) is 6.58 Å². The number of likely N-dealkylation sites (N-methyl/N-ethyl adjacent to an activating group) is 1. The van der Waals surface area contributed by atoms with E-state index >= 15 is 0 Å². The van der Waals surface area contributed by atoms with E-state index in [1.54, 1.807) is 4.90 Å². The molecule has 17 heavy (non-hydrogen) atoms. The fourth-order valence-corrected chi connectivity index (χ4v) is 1.92. The lowest BCUT2D eigenvalue weighted by atomic mass is 10.1. The van der Waals surface area contributed by atoms with E-state index in [1.165, 1.54) is 0 Å². The summed E-state index contributed by atoms with van der Waals surface area (Å²) in [5.74, 6) is 1.55. The zero-order valence-electron chi connectivity index (χ0n) is 11.4. The largest absolute Gasteiger partial charge is 0.466 e. The van der Waals surface area contributed by atoms with Crippen LogP contribution in [0.25, 0.3) is 0 Å². The maximum absolute atomic E-state index is 12.4. The summed E-state index contributed by atoms with van der Waals surface area (Å²) >= 11 is 0. The summed E-state index contributed by atoms with van der Waals surface area (Å²) in [6.45, 7) is 14.7. The summed E-state index contributed by atoms with van der Waals surface area (Å²) < 4.78 is 5.50. The van der Waals surface area contributed by atoms with E-state index in [4.69, 9.17) is 4.42 Å². The lowest BCUT2D eigenvalue weighted by Crippen LogP contribution is -2.32. The summed E-state index contributed by atoms with van der Waals surface area (Å²) in [6.07, 6.45) is 0. The molecule has 0 atom stereocenters. The maximum Gasteiger partial charge on any atom is 0.257 e. The van der Waals surface area contributed by atoms with Gasteiger partial charge in [0.1, 0.15) is 11.5 Å². The van der Waals surface area contributed by atoms with Crippen molar-refractivity contribution in [2.75, 3.05) is 13.1 Å². The zero-order chi connectivity index (χ0) is 13.2. The average molecular weight is 235 g/mol. The fourth-order valence-electron chi connectivity index (χ4n) is 1.92. The van der Waals surface area contributed by atoms with Gasteiger partial charge in [-0.2, -0.15) is 0 Å². The molecule has 0 aliphatic rings. The molecule has 0 radical (unpaired) electrons. The van der Waals surface area contributed by atoms with Gasteiger partial charge in [-0.3, -0.25) is 4.79 Å². The molecule has 0 aliphatic carbocycles. The smallest absolute Gasteiger partial charge is 0.257 e. The van der Waals surface area contributed by atoms with Crippen LogP contribution in [0.4, 0.5) is 0 Å². The van der Waals surface area contributed by atoms with Gasteiger partial charge in [0.25, 0.3) is 5.91 Å². The molecule has 3 heteroatoms. The van der Waals surface area contributed by atoms with Gasteiger partial charge in [0.05, 0.1) is 5.56 Å². The molecule has 1 rings (SSSR count). The highest BCUT2D eigenvalue weighted by atomic mass is 16.3. The third-order valence-electron chi connectivity index (χ3n) is 2.90. The fraction of sp³-hybridized carbons (Fsp3) is 0.500. The second-order valence-electron chi connectivity index (χ2n) is 4.49. The quantitative estimate of drug-likeness (QED) is 0.751. The molecule has 0 saturated carbocycles. The SMILES string of the molecule is C=C(C)CN(CC)C(=O)c1c(C)oc(C)c1C. The normalized spacial score (nSPS) is 10.4. The summed E-state index contributed by atoms with van der Waals surface area (Å²) in [4.78, 5) is 14.2. The summed E-state index contributed by atoms with van der Waals surface area (Å²) in [7, 11) is 0. The molecule has 3 nitrogen and oxygen atoms in total. The number of hydrogen-bond donors (Lipinski definition) is 0. The first-order valence-electron chi connectivity index (χ1n) is 5.88. The number of hydrogen-bond acceptors (Lipinski definition) is 2. The van der Waals surface area contributed by atoms with Crippen molar-refractivity contribution in [1.29, 1.82) is 0 Å². The molecule has 1 heterocycles. The Morgan fingerprint density at radius 1 is 1.29 bits per heavy atom. The van der Waals surface area contributed by atoms with Crippen molar-refractivity contribution in [3.8, 4) is 0 Å². The van der Waals surface area contributed by atoms with Gasteiger partial charge in [-0.1, -0.05) is 12.2 Å². The summed E-state index contributed by atoms with van der Waals surface area (Å²) in [6, 6.07) is 0. The molecule has 0 spiro atoms. The highest BCUT2D eigenvalue weighted by molar-refractivity contribution is 5.97. The Balaban J connectivity index is 3.05. The Kier molecular flexibility index (Phi) is 4.16. The molecule has 0 aliphatic heterocycles. The lowest BCUT2D eigenvalue weighted by Gasteiger charge is -2.21. The maximum atomic E-state index is 12.4. The second-order valence-corrected chi connectivity index (χ2v) is 4.49. The summed E-state index contributed by atoms with van der Waals surface area (Å²) in [5, 5.41) is 0. The Bertz CT molecular complexity index is 443. The number of nitrogens with zero attached hydrogens (tertiary/aromatic N) is 1. The van der Waals surface area contributed by atoms with E-state index in [1.807, 2.05) is 34.6 Å². The number of rotatable bonds is 4. The van der Waals surface area contributed by atoms with Crippen LogP contribution < -0.4 is 0 Å². The second kappa shape index (κ2) is 5.21. The molecule has 0 aromatic carbocycles. The first-order valence-corrected chi connectivity index (χ1v) is 5.88. The van der Waals surface area contributed by atoms with Crippen molar-refractivity contribution < 1.29 is 9.21 Å². The van der Waals surface area contributed by atoms with E-state index in [0.29, 0.717) is 24.4 Å². The number of aryl methyl sites for hydroxylation is 2. The predicted molar refractivity (Wildman–Crippen MR) is 69.3 cm³/mol. The molecule has 0 N–H and O–H groups in total. The molecule has 0 bridgehead atoms. The van der Waals surface area contributed by atoms with Gasteiger partial charge < -0.3 is 9.32 Å². The van der Waals surface area contributed by atoms with Gasteiger partial charge in [-0.15, -0.1) is 0 Å². The minimum absolute atomic E-state index is 0.0300. The minimum atomic E-state index is 0.0300. The van der Waals surface area contributed by atoms with Crippen LogP contribution in [0, 0.1) is 20.8 Å². The summed E-state index contributed by atoms with van der Waals surface area (Å²) in [5.41, 5.74) is 2.62. The third kappa shape index (κ3) is 2.78. The van der Waals surface area contributed by atoms with Crippen LogP contribution in [-0.4, -0.2) is 23.9 Å². The molecule has 94 valence electrons. The Morgan fingerprint density at radius 2 is 1.88 bits per heavy atom. The number of carbonyl (C=O) groups is 1. The molecule has 0 fully saturated rings. The van der Waals surface area contributed by atoms with Crippen molar-refractivity contribution in [3.05, 3.63) is 34.8 Å². The highest BCUT2D eigenvalue weighted by Gasteiger charge is 2.22. The van der Waals surface area contributed by atoms with Gasteiger partial charge in [0, 0.05) is 18.7 Å². The van der Waals surface area contributed by atoms with Crippen LogP contribution in [0.3, 0.4) is 0 Å². The van der Waals surface area contributed by atoms with Crippen molar-refractivity contribution in [1.82, 2.24) is 4.90 Å². The Morgan fingerprint density at radius 3 is 2.24 bits per heavy atom. The predicted octanol–water partition coefficient (Wildman–Crippen LogP) is 3.24. The van der Waals surface area contributed by atoms with Gasteiger partial charge in [0.2, 0.25) is 0 Å². The molecule has 0 unspecified atom stereocenters. The number of furan rings is 1. The molecule has 1 aromatic heterocycles. The number of carbonyl (C=O) groups excluding carboxylic acids is 1. The highest BCUT2D eigenvalue weighted by Crippen LogP contribution is 2.22. The monoisotopic (exact) mass is 235 g/mol. The Hall–Kier alpha value is -1.51. The van der Waals surface area contributed by atoms with Gasteiger partial charge >= 0.3 is 0 Å². The van der Waals surface area contributed by atoms with Crippen molar-refractivity contribution in [2.24, 2.45) is 0 Å². The number of amides is 1.